The molecule has 0 saturated carbocycles. The van der Waals surface area contributed by atoms with Gasteiger partial charge < -0.3 is 5.32 Å². The lowest BCUT2D eigenvalue weighted by Crippen LogP contribution is -2.11. The van der Waals surface area contributed by atoms with E-state index in [9.17, 15) is 21.6 Å². The SMILES string of the molecule is Cc1cc(S(=O)(=O)Cl)ccc1Nc1ncc(C(F)(F)F)c(-c2cnn(C)c2)n1. The molecule has 0 radical (unpaired) electrons. The van der Waals surface area contributed by atoms with Gasteiger partial charge >= 0.3 is 6.18 Å². The third kappa shape index (κ3) is 4.25. The maximum Gasteiger partial charge on any atom is 0.419 e. The van der Waals surface area contributed by atoms with Crippen LogP contribution in [0.25, 0.3) is 11.3 Å². The van der Waals surface area contributed by atoms with Gasteiger partial charge in [-0.1, -0.05) is 0 Å². The number of benzene rings is 1. The number of rotatable bonds is 4. The summed E-state index contributed by atoms with van der Waals surface area (Å²) in [5.74, 6) is -0.0866. The van der Waals surface area contributed by atoms with Crippen molar-refractivity contribution in [1.29, 1.82) is 0 Å². The van der Waals surface area contributed by atoms with Crippen molar-refractivity contribution >= 4 is 31.4 Å². The summed E-state index contributed by atoms with van der Waals surface area (Å²) in [4.78, 5) is 7.63. The molecule has 0 atom stereocenters. The molecule has 2 heterocycles. The molecular weight excluding hydrogens is 419 g/mol. The van der Waals surface area contributed by atoms with Crippen LogP contribution in [-0.4, -0.2) is 28.2 Å². The number of hydrogen-bond donors (Lipinski definition) is 1. The van der Waals surface area contributed by atoms with Crippen LogP contribution < -0.4 is 5.32 Å². The van der Waals surface area contributed by atoms with Crippen LogP contribution in [0.2, 0.25) is 0 Å². The van der Waals surface area contributed by atoms with Gasteiger partial charge in [0.15, 0.2) is 0 Å². The van der Waals surface area contributed by atoms with E-state index >= 15 is 0 Å². The molecule has 7 nitrogen and oxygen atoms in total. The van der Waals surface area contributed by atoms with Crippen molar-refractivity contribution in [3.63, 3.8) is 0 Å². The monoisotopic (exact) mass is 431 g/mol. The fourth-order valence-electron chi connectivity index (χ4n) is 2.46. The van der Waals surface area contributed by atoms with Gasteiger partial charge in [0.2, 0.25) is 5.95 Å². The van der Waals surface area contributed by atoms with Gasteiger partial charge in [-0.2, -0.15) is 18.3 Å². The first-order valence-corrected chi connectivity index (χ1v) is 10.0. The Labute approximate surface area is 162 Å². The second-order valence-corrected chi connectivity index (χ2v) is 8.46. The molecular formula is C16H13ClF3N5O2S. The Bertz CT molecular complexity index is 1150. The van der Waals surface area contributed by atoms with Crippen LogP contribution in [0.3, 0.4) is 0 Å². The van der Waals surface area contributed by atoms with Crippen LogP contribution >= 0.6 is 10.7 Å². The molecule has 1 aromatic carbocycles. The van der Waals surface area contributed by atoms with Crippen molar-refractivity contribution < 1.29 is 21.6 Å². The third-order valence-corrected chi connectivity index (χ3v) is 5.15. The Morgan fingerprint density at radius 1 is 1.21 bits per heavy atom. The van der Waals surface area contributed by atoms with Crippen LogP contribution in [0.15, 0.2) is 41.7 Å². The molecule has 12 heteroatoms. The fraction of sp³-hybridized carbons (Fsp3) is 0.188. The Morgan fingerprint density at radius 2 is 1.93 bits per heavy atom. The first kappa shape index (κ1) is 20.1. The number of aromatic nitrogens is 4. The molecule has 1 N–H and O–H groups in total. The predicted molar refractivity (Wildman–Crippen MR) is 96.7 cm³/mol. The van der Waals surface area contributed by atoms with Gasteiger partial charge in [0.05, 0.1) is 16.8 Å². The summed E-state index contributed by atoms with van der Waals surface area (Å²) < 4.78 is 64.1. The highest BCUT2D eigenvalue weighted by Gasteiger charge is 2.35. The minimum absolute atomic E-state index is 0.0866. The van der Waals surface area contributed by atoms with E-state index in [-0.39, 0.29) is 22.1 Å². The van der Waals surface area contributed by atoms with E-state index in [2.05, 4.69) is 20.4 Å². The Hall–Kier alpha value is -2.66. The van der Waals surface area contributed by atoms with E-state index in [1.165, 1.54) is 35.3 Å². The van der Waals surface area contributed by atoms with Crippen LogP contribution in [0.5, 0.6) is 0 Å². The number of anilines is 2. The first-order valence-electron chi connectivity index (χ1n) is 7.71. The topological polar surface area (TPSA) is 89.8 Å². The van der Waals surface area contributed by atoms with Gasteiger partial charge in [-0.3, -0.25) is 4.68 Å². The number of aryl methyl sites for hydroxylation is 2. The molecule has 28 heavy (non-hydrogen) atoms. The molecule has 0 saturated heterocycles. The molecule has 148 valence electrons. The maximum atomic E-state index is 13.3. The van der Waals surface area contributed by atoms with Crippen molar-refractivity contribution in [3.05, 3.63) is 47.9 Å². The molecule has 0 fully saturated rings. The normalized spacial score (nSPS) is 12.2. The number of hydrogen-bond acceptors (Lipinski definition) is 6. The van der Waals surface area contributed by atoms with Crippen LogP contribution in [0, 0.1) is 6.92 Å². The minimum atomic E-state index is -4.64. The second-order valence-electron chi connectivity index (χ2n) is 5.90. The van der Waals surface area contributed by atoms with Crippen molar-refractivity contribution in [2.24, 2.45) is 7.05 Å². The summed E-state index contributed by atoms with van der Waals surface area (Å²) in [5.41, 5.74) is -0.225. The van der Waals surface area contributed by atoms with Crippen LogP contribution in [0.4, 0.5) is 24.8 Å². The number of halogens is 4. The molecule has 0 unspecified atom stereocenters. The van der Waals surface area contributed by atoms with Crippen molar-refractivity contribution in [3.8, 4) is 11.3 Å². The maximum absolute atomic E-state index is 13.3. The largest absolute Gasteiger partial charge is 0.419 e. The lowest BCUT2D eigenvalue weighted by atomic mass is 10.1. The quantitative estimate of drug-likeness (QED) is 0.630. The van der Waals surface area contributed by atoms with Crippen LogP contribution in [-0.2, 0) is 22.3 Å². The number of nitrogens with zero attached hydrogens (tertiary/aromatic N) is 4. The standard InChI is InChI=1S/C16H13ClF3N5O2S/c1-9-5-11(28(17,26)27)3-4-13(9)23-15-21-7-12(16(18,19)20)14(24-15)10-6-22-25(2)8-10/h3-8H,1-2H3,(H,21,23,24). The van der Waals surface area contributed by atoms with E-state index < -0.39 is 20.8 Å². The van der Waals surface area contributed by atoms with Crippen molar-refractivity contribution in [2.45, 2.75) is 18.0 Å². The van der Waals surface area contributed by atoms with Crippen molar-refractivity contribution in [1.82, 2.24) is 19.7 Å². The summed E-state index contributed by atoms with van der Waals surface area (Å²) in [7, 11) is 2.98. The molecule has 0 aliphatic carbocycles. The zero-order valence-corrected chi connectivity index (χ0v) is 16.1. The van der Waals surface area contributed by atoms with Crippen LogP contribution in [0.1, 0.15) is 11.1 Å². The summed E-state index contributed by atoms with van der Waals surface area (Å²) >= 11 is 0. The van der Waals surface area contributed by atoms with E-state index in [0.29, 0.717) is 17.4 Å². The zero-order chi connectivity index (χ0) is 20.7. The predicted octanol–water partition coefficient (Wildman–Crippen LogP) is 3.88. The third-order valence-electron chi connectivity index (χ3n) is 3.80. The summed E-state index contributed by atoms with van der Waals surface area (Å²) in [6, 6.07) is 4.02. The number of nitrogens with one attached hydrogen (secondary N) is 1. The lowest BCUT2D eigenvalue weighted by Gasteiger charge is -2.13. The molecule has 3 aromatic rings. The summed E-state index contributed by atoms with van der Waals surface area (Å²) in [6.07, 6.45) is -1.28. The van der Waals surface area contributed by atoms with Gasteiger partial charge in [0.1, 0.15) is 5.56 Å². The second kappa shape index (κ2) is 7.06. The van der Waals surface area contributed by atoms with Gasteiger partial charge in [0, 0.05) is 41.4 Å². The minimum Gasteiger partial charge on any atom is -0.324 e. The highest BCUT2D eigenvalue weighted by atomic mass is 35.7. The first-order chi connectivity index (χ1) is 12.9. The summed E-state index contributed by atoms with van der Waals surface area (Å²) in [6.45, 7) is 1.61. The molecule has 2 aromatic heterocycles. The fourth-order valence-corrected chi connectivity index (χ4v) is 3.30. The molecule has 0 aliphatic heterocycles. The number of alkyl halides is 3. The van der Waals surface area contributed by atoms with E-state index in [0.717, 1.165) is 0 Å². The van der Waals surface area contributed by atoms with Gasteiger partial charge in [-0.15, -0.1) is 0 Å². The average Bonchev–Trinajstić information content (AvgIpc) is 3.01. The molecule has 0 spiro atoms. The average molecular weight is 432 g/mol. The summed E-state index contributed by atoms with van der Waals surface area (Å²) in [5, 5.41) is 6.67. The molecule has 0 amide bonds. The zero-order valence-electron chi connectivity index (χ0n) is 14.5. The van der Waals surface area contributed by atoms with Gasteiger partial charge in [-0.05, 0) is 30.7 Å². The van der Waals surface area contributed by atoms with E-state index in [1.807, 2.05) is 0 Å². The van der Waals surface area contributed by atoms with Crippen molar-refractivity contribution in [2.75, 3.05) is 5.32 Å². The van der Waals surface area contributed by atoms with E-state index in [4.69, 9.17) is 10.7 Å². The molecule has 0 bridgehead atoms. The van der Waals surface area contributed by atoms with Gasteiger partial charge in [0.25, 0.3) is 9.05 Å². The smallest absolute Gasteiger partial charge is 0.324 e. The Balaban J connectivity index is 2.02. The Kier molecular flexibility index (Phi) is 5.06. The van der Waals surface area contributed by atoms with Gasteiger partial charge in [-0.25, -0.2) is 18.4 Å². The van der Waals surface area contributed by atoms with E-state index in [1.54, 1.807) is 14.0 Å². The Morgan fingerprint density at radius 3 is 2.46 bits per heavy atom. The lowest BCUT2D eigenvalue weighted by molar-refractivity contribution is -0.137. The molecule has 0 aliphatic rings. The molecule has 3 rings (SSSR count). The highest BCUT2D eigenvalue weighted by Crippen LogP contribution is 2.36. The highest BCUT2D eigenvalue weighted by molar-refractivity contribution is 8.13.